The van der Waals surface area contributed by atoms with Gasteiger partial charge in [0.15, 0.2) is 0 Å². The van der Waals surface area contributed by atoms with Gasteiger partial charge in [0.25, 0.3) is 5.91 Å². The molecular formula is C9H6ClN3OS. The summed E-state index contributed by atoms with van der Waals surface area (Å²) >= 11 is 6.95. The third kappa shape index (κ3) is 2.51. The Morgan fingerprint density at radius 3 is 2.67 bits per heavy atom. The minimum Gasteiger partial charge on any atom is -0.319 e. The molecule has 76 valence electrons. The lowest BCUT2D eigenvalue weighted by Gasteiger charge is -2.00. The average molecular weight is 240 g/mol. The summed E-state index contributed by atoms with van der Waals surface area (Å²) in [6.45, 7) is 0. The van der Waals surface area contributed by atoms with Crippen LogP contribution in [-0.4, -0.2) is 15.9 Å². The van der Waals surface area contributed by atoms with Crippen molar-refractivity contribution in [2.45, 2.75) is 0 Å². The first-order valence-electron chi connectivity index (χ1n) is 4.07. The van der Waals surface area contributed by atoms with Crippen LogP contribution in [0, 0.1) is 0 Å². The van der Waals surface area contributed by atoms with Crippen LogP contribution in [0.4, 0.5) is 5.69 Å². The number of nitrogens with one attached hydrogen (secondary N) is 1. The lowest BCUT2D eigenvalue weighted by molar-refractivity contribution is 0.103. The van der Waals surface area contributed by atoms with E-state index >= 15 is 0 Å². The molecule has 6 heteroatoms. The zero-order chi connectivity index (χ0) is 10.7. The molecule has 0 saturated heterocycles. The molecule has 0 aliphatic carbocycles. The second-order valence-electron chi connectivity index (χ2n) is 2.69. The van der Waals surface area contributed by atoms with Crippen molar-refractivity contribution in [1.29, 1.82) is 0 Å². The lowest BCUT2D eigenvalue weighted by Crippen LogP contribution is -2.10. The molecule has 0 aliphatic heterocycles. The number of nitrogens with zero attached hydrogens (tertiary/aromatic N) is 2. The number of carbonyl (C=O) groups excluding carboxylic acids is 1. The summed E-state index contributed by atoms with van der Waals surface area (Å²) in [5.74, 6) is -0.207. The van der Waals surface area contributed by atoms with Gasteiger partial charge in [0.1, 0.15) is 6.33 Å². The van der Waals surface area contributed by atoms with E-state index in [2.05, 4.69) is 15.3 Å². The van der Waals surface area contributed by atoms with Crippen LogP contribution < -0.4 is 5.32 Å². The van der Waals surface area contributed by atoms with E-state index in [0.717, 1.165) is 0 Å². The van der Waals surface area contributed by atoms with Crippen molar-refractivity contribution in [3.05, 3.63) is 40.1 Å². The zero-order valence-electron chi connectivity index (χ0n) is 7.48. The molecule has 2 heterocycles. The number of thiophene rings is 1. The summed E-state index contributed by atoms with van der Waals surface area (Å²) in [5.41, 5.74) is 0.562. The average Bonchev–Trinajstić information content (AvgIpc) is 2.66. The fourth-order valence-electron chi connectivity index (χ4n) is 0.993. The second kappa shape index (κ2) is 4.37. The first-order chi connectivity index (χ1) is 7.25. The highest BCUT2D eigenvalue weighted by molar-refractivity contribution is 7.18. The van der Waals surface area contributed by atoms with Crippen molar-refractivity contribution in [1.82, 2.24) is 9.97 Å². The molecule has 0 saturated carbocycles. The molecule has 0 radical (unpaired) electrons. The Balaban J connectivity index is 2.11. The molecule has 0 aromatic carbocycles. The Hall–Kier alpha value is -1.46. The fourth-order valence-corrected chi connectivity index (χ4v) is 1.93. The second-order valence-corrected chi connectivity index (χ2v) is 4.40. The highest BCUT2D eigenvalue weighted by atomic mass is 35.5. The predicted molar refractivity (Wildman–Crippen MR) is 59.3 cm³/mol. The third-order valence-electron chi connectivity index (χ3n) is 1.62. The van der Waals surface area contributed by atoms with Gasteiger partial charge in [-0.15, -0.1) is 11.3 Å². The van der Waals surface area contributed by atoms with Gasteiger partial charge in [-0.3, -0.25) is 4.79 Å². The topological polar surface area (TPSA) is 54.9 Å². The Morgan fingerprint density at radius 1 is 1.33 bits per heavy atom. The summed E-state index contributed by atoms with van der Waals surface area (Å²) in [7, 11) is 0. The molecule has 0 aliphatic rings. The molecule has 2 aromatic heterocycles. The summed E-state index contributed by atoms with van der Waals surface area (Å²) in [6, 6.07) is 3.36. The molecule has 0 unspecified atom stereocenters. The Bertz CT molecular complexity index is 471. The van der Waals surface area contributed by atoms with Crippen LogP contribution in [0.2, 0.25) is 4.34 Å². The van der Waals surface area contributed by atoms with Crippen molar-refractivity contribution in [2.75, 3.05) is 5.32 Å². The van der Waals surface area contributed by atoms with E-state index in [1.165, 1.54) is 30.1 Å². The number of carbonyl (C=O) groups is 1. The largest absolute Gasteiger partial charge is 0.319 e. The molecule has 2 aromatic rings. The van der Waals surface area contributed by atoms with Gasteiger partial charge in [-0.25, -0.2) is 9.97 Å². The van der Waals surface area contributed by atoms with E-state index in [1.54, 1.807) is 12.1 Å². The van der Waals surface area contributed by atoms with Crippen molar-refractivity contribution in [2.24, 2.45) is 0 Å². The van der Waals surface area contributed by atoms with E-state index in [1.807, 2.05) is 0 Å². The van der Waals surface area contributed by atoms with Crippen molar-refractivity contribution < 1.29 is 4.79 Å². The van der Waals surface area contributed by atoms with E-state index in [-0.39, 0.29) is 5.91 Å². The zero-order valence-corrected chi connectivity index (χ0v) is 9.05. The van der Waals surface area contributed by atoms with Gasteiger partial charge in [-0.1, -0.05) is 11.6 Å². The van der Waals surface area contributed by atoms with Crippen LogP contribution in [0.15, 0.2) is 30.9 Å². The molecule has 1 N–H and O–H groups in total. The molecule has 0 bridgehead atoms. The number of aromatic nitrogens is 2. The van der Waals surface area contributed by atoms with Crippen LogP contribution in [0.5, 0.6) is 0 Å². The van der Waals surface area contributed by atoms with E-state index in [9.17, 15) is 4.79 Å². The number of amides is 1. The van der Waals surface area contributed by atoms with Crippen LogP contribution in [0.1, 0.15) is 9.67 Å². The molecule has 15 heavy (non-hydrogen) atoms. The number of anilines is 1. The van der Waals surface area contributed by atoms with Gasteiger partial charge in [0.05, 0.1) is 27.3 Å². The Labute approximate surface area is 94.9 Å². The number of halogens is 1. The van der Waals surface area contributed by atoms with Crippen LogP contribution in [0.25, 0.3) is 0 Å². The SMILES string of the molecule is O=C(Nc1cncnc1)c1ccc(Cl)s1. The van der Waals surface area contributed by atoms with Crippen molar-refractivity contribution in [3.8, 4) is 0 Å². The van der Waals surface area contributed by atoms with Gasteiger partial charge in [0, 0.05) is 0 Å². The first kappa shape index (κ1) is 10.1. The van der Waals surface area contributed by atoms with E-state index in [4.69, 9.17) is 11.6 Å². The number of hydrogen-bond acceptors (Lipinski definition) is 4. The molecule has 0 spiro atoms. The van der Waals surface area contributed by atoms with Crippen LogP contribution >= 0.6 is 22.9 Å². The highest BCUT2D eigenvalue weighted by Crippen LogP contribution is 2.22. The number of rotatable bonds is 2. The summed E-state index contributed by atoms with van der Waals surface area (Å²) < 4.78 is 0.587. The van der Waals surface area contributed by atoms with Gasteiger partial charge in [-0.05, 0) is 12.1 Å². The number of hydrogen-bond donors (Lipinski definition) is 1. The lowest BCUT2D eigenvalue weighted by atomic mass is 10.4. The standard InChI is InChI=1S/C9H6ClN3OS/c10-8-2-1-7(15-8)9(14)13-6-3-11-5-12-4-6/h1-5H,(H,13,14). The molecule has 2 rings (SSSR count). The summed E-state index contributed by atoms with van der Waals surface area (Å²) in [6.07, 6.45) is 4.46. The van der Waals surface area contributed by atoms with Crippen molar-refractivity contribution in [3.63, 3.8) is 0 Å². The highest BCUT2D eigenvalue weighted by Gasteiger charge is 2.08. The molecular weight excluding hydrogens is 234 g/mol. The molecule has 0 fully saturated rings. The maximum Gasteiger partial charge on any atom is 0.265 e. The molecule has 1 amide bonds. The maximum atomic E-state index is 11.6. The smallest absolute Gasteiger partial charge is 0.265 e. The summed E-state index contributed by atoms with van der Waals surface area (Å²) in [5, 5.41) is 2.66. The van der Waals surface area contributed by atoms with Gasteiger partial charge in [0.2, 0.25) is 0 Å². The monoisotopic (exact) mass is 239 g/mol. The first-order valence-corrected chi connectivity index (χ1v) is 5.27. The van der Waals surface area contributed by atoms with Crippen LogP contribution in [0.3, 0.4) is 0 Å². The minimum absolute atomic E-state index is 0.207. The summed E-state index contributed by atoms with van der Waals surface area (Å²) in [4.78, 5) is 19.7. The minimum atomic E-state index is -0.207. The predicted octanol–water partition coefficient (Wildman–Crippen LogP) is 2.44. The molecule has 0 atom stereocenters. The van der Waals surface area contributed by atoms with Gasteiger partial charge < -0.3 is 5.32 Å². The van der Waals surface area contributed by atoms with Crippen molar-refractivity contribution >= 4 is 34.5 Å². The van der Waals surface area contributed by atoms with Crippen LogP contribution in [-0.2, 0) is 0 Å². The maximum absolute atomic E-state index is 11.6. The van der Waals surface area contributed by atoms with E-state index < -0.39 is 0 Å². The third-order valence-corrected chi connectivity index (χ3v) is 2.85. The molecule has 4 nitrogen and oxygen atoms in total. The fraction of sp³-hybridized carbons (Fsp3) is 0. The van der Waals surface area contributed by atoms with Gasteiger partial charge >= 0.3 is 0 Å². The quantitative estimate of drug-likeness (QED) is 0.876. The normalized spacial score (nSPS) is 9.93. The van der Waals surface area contributed by atoms with E-state index in [0.29, 0.717) is 14.9 Å². The Morgan fingerprint density at radius 2 is 2.07 bits per heavy atom. The Kier molecular flexibility index (Phi) is 2.94. The van der Waals surface area contributed by atoms with Gasteiger partial charge in [-0.2, -0.15) is 0 Å².